The smallest absolute Gasteiger partial charge is 0.246 e. The first-order chi connectivity index (χ1) is 8.25. The zero-order chi connectivity index (χ0) is 14.0. The van der Waals surface area contributed by atoms with E-state index in [1.807, 2.05) is 20.8 Å². The van der Waals surface area contributed by atoms with Crippen LogP contribution in [0.4, 0.5) is 5.95 Å². The summed E-state index contributed by atoms with van der Waals surface area (Å²) in [5.74, 6) is 0.395. The van der Waals surface area contributed by atoms with E-state index >= 15 is 0 Å². The predicted molar refractivity (Wildman–Crippen MR) is 70.9 cm³/mol. The third kappa shape index (κ3) is 2.78. The Balaban J connectivity index is 3.13. The molecule has 0 spiro atoms. The fourth-order valence-corrected chi connectivity index (χ4v) is 2.75. The second-order valence-corrected chi connectivity index (χ2v) is 6.60. The molecule has 0 unspecified atom stereocenters. The molecule has 1 heterocycles. The lowest BCUT2D eigenvalue weighted by molar-refractivity contribution is 0.257. The van der Waals surface area contributed by atoms with Gasteiger partial charge in [-0.15, -0.1) is 0 Å². The van der Waals surface area contributed by atoms with Gasteiger partial charge in [0, 0.05) is 19.6 Å². The van der Waals surface area contributed by atoms with Crippen LogP contribution in [0.15, 0.2) is 17.3 Å². The molecule has 1 rings (SSSR count). The first-order valence-corrected chi connectivity index (χ1v) is 7.18. The van der Waals surface area contributed by atoms with Crippen molar-refractivity contribution < 1.29 is 8.42 Å². The molecule has 1 aromatic heterocycles. The van der Waals surface area contributed by atoms with Crippen molar-refractivity contribution in [3.63, 3.8) is 0 Å². The van der Waals surface area contributed by atoms with E-state index in [1.165, 1.54) is 16.7 Å². The molecule has 0 saturated carbocycles. The summed E-state index contributed by atoms with van der Waals surface area (Å²) in [4.78, 5) is 7.95. The predicted octanol–water partition coefficient (Wildman–Crippen LogP) is 1.33. The van der Waals surface area contributed by atoms with Gasteiger partial charge in [-0.05, 0) is 20.3 Å². The lowest BCUT2D eigenvalue weighted by Crippen LogP contribution is -2.44. The molecule has 0 radical (unpaired) electrons. The van der Waals surface area contributed by atoms with Crippen LogP contribution in [0.3, 0.4) is 0 Å². The average molecular weight is 272 g/mol. The second kappa shape index (κ2) is 5.19. The molecule has 0 aliphatic carbocycles. The summed E-state index contributed by atoms with van der Waals surface area (Å²) in [5, 5.41) is 2.75. The summed E-state index contributed by atoms with van der Waals surface area (Å²) in [5.41, 5.74) is -0.444. The first kappa shape index (κ1) is 14.8. The van der Waals surface area contributed by atoms with Crippen molar-refractivity contribution in [3.8, 4) is 0 Å². The van der Waals surface area contributed by atoms with Gasteiger partial charge in [0.2, 0.25) is 16.0 Å². The highest BCUT2D eigenvalue weighted by molar-refractivity contribution is 7.89. The van der Waals surface area contributed by atoms with E-state index in [1.54, 1.807) is 14.1 Å². The molecule has 0 aromatic carbocycles. The third-order valence-corrected chi connectivity index (χ3v) is 5.25. The maximum atomic E-state index is 12.4. The number of sulfonamides is 1. The number of nitrogens with zero attached hydrogens (tertiary/aromatic N) is 3. The van der Waals surface area contributed by atoms with E-state index in [4.69, 9.17) is 0 Å². The highest BCUT2D eigenvalue weighted by Gasteiger charge is 2.33. The Labute approximate surface area is 108 Å². The SMILES string of the molecule is CCC(C)(C)N(C)S(=O)(=O)c1cnc(NC)nc1. The normalized spacial score (nSPS) is 12.8. The zero-order valence-electron chi connectivity index (χ0n) is 11.4. The van der Waals surface area contributed by atoms with Crippen LogP contribution < -0.4 is 5.32 Å². The molecule has 1 aromatic rings. The van der Waals surface area contributed by atoms with Crippen LogP contribution in [0.25, 0.3) is 0 Å². The van der Waals surface area contributed by atoms with Crippen LogP contribution in [0.2, 0.25) is 0 Å². The third-order valence-electron chi connectivity index (χ3n) is 3.23. The molecule has 0 bridgehead atoms. The molecule has 0 amide bonds. The van der Waals surface area contributed by atoms with Gasteiger partial charge < -0.3 is 5.32 Å². The van der Waals surface area contributed by atoms with Crippen LogP contribution in [0.1, 0.15) is 27.2 Å². The van der Waals surface area contributed by atoms with Gasteiger partial charge in [0.1, 0.15) is 4.90 Å². The Bertz CT molecular complexity index is 496. The highest BCUT2D eigenvalue weighted by Crippen LogP contribution is 2.24. The zero-order valence-corrected chi connectivity index (χ0v) is 12.2. The molecule has 7 heteroatoms. The standard InChI is InChI=1S/C11H20N4O2S/c1-6-11(2,3)15(5)18(16,17)9-7-13-10(12-4)14-8-9/h7-8H,6H2,1-5H3,(H,12,13,14). The summed E-state index contributed by atoms with van der Waals surface area (Å²) in [6, 6.07) is 0. The minimum Gasteiger partial charge on any atom is -0.357 e. The van der Waals surface area contributed by atoms with Crippen molar-refractivity contribution in [2.45, 2.75) is 37.6 Å². The summed E-state index contributed by atoms with van der Waals surface area (Å²) in [6.07, 6.45) is 3.35. The second-order valence-electron chi connectivity index (χ2n) is 4.63. The van der Waals surface area contributed by atoms with Crippen molar-refractivity contribution in [1.29, 1.82) is 0 Å². The van der Waals surface area contributed by atoms with Gasteiger partial charge in [-0.3, -0.25) is 0 Å². The van der Waals surface area contributed by atoms with Crippen LogP contribution in [0, 0.1) is 0 Å². The van der Waals surface area contributed by atoms with Crippen molar-refractivity contribution in [2.24, 2.45) is 0 Å². The van der Waals surface area contributed by atoms with Crippen molar-refractivity contribution in [3.05, 3.63) is 12.4 Å². The Hall–Kier alpha value is -1.21. The van der Waals surface area contributed by atoms with E-state index in [2.05, 4.69) is 15.3 Å². The van der Waals surface area contributed by atoms with Gasteiger partial charge in [-0.1, -0.05) is 6.92 Å². The Morgan fingerprint density at radius 3 is 2.22 bits per heavy atom. The van der Waals surface area contributed by atoms with E-state index < -0.39 is 15.6 Å². The maximum Gasteiger partial charge on any atom is 0.246 e. The number of hydrogen-bond donors (Lipinski definition) is 1. The molecule has 0 aliphatic rings. The van der Waals surface area contributed by atoms with Gasteiger partial charge in [0.25, 0.3) is 0 Å². The molecular weight excluding hydrogens is 252 g/mol. The minimum atomic E-state index is -3.55. The number of rotatable bonds is 5. The molecule has 102 valence electrons. The van der Waals surface area contributed by atoms with E-state index in [0.717, 1.165) is 6.42 Å². The van der Waals surface area contributed by atoms with Gasteiger partial charge >= 0.3 is 0 Å². The van der Waals surface area contributed by atoms with E-state index in [-0.39, 0.29) is 4.90 Å². The average Bonchev–Trinajstić information content (AvgIpc) is 2.37. The fraction of sp³-hybridized carbons (Fsp3) is 0.636. The molecule has 0 aliphatic heterocycles. The topological polar surface area (TPSA) is 75.2 Å². The number of hydrogen-bond acceptors (Lipinski definition) is 5. The highest BCUT2D eigenvalue weighted by atomic mass is 32.2. The van der Waals surface area contributed by atoms with Crippen molar-refractivity contribution in [2.75, 3.05) is 19.4 Å². The van der Waals surface area contributed by atoms with E-state index in [9.17, 15) is 8.42 Å². The molecule has 0 atom stereocenters. The quantitative estimate of drug-likeness (QED) is 0.875. The van der Waals surface area contributed by atoms with Gasteiger partial charge in [-0.2, -0.15) is 4.31 Å². The minimum absolute atomic E-state index is 0.102. The van der Waals surface area contributed by atoms with Crippen LogP contribution in [-0.2, 0) is 10.0 Å². The number of aromatic nitrogens is 2. The number of anilines is 1. The van der Waals surface area contributed by atoms with Crippen LogP contribution >= 0.6 is 0 Å². The molecule has 6 nitrogen and oxygen atoms in total. The molecule has 0 saturated heterocycles. The summed E-state index contributed by atoms with van der Waals surface area (Å²) in [6.45, 7) is 5.72. The summed E-state index contributed by atoms with van der Waals surface area (Å²) < 4.78 is 26.1. The Morgan fingerprint density at radius 2 is 1.83 bits per heavy atom. The lowest BCUT2D eigenvalue weighted by atomic mass is 10.0. The summed E-state index contributed by atoms with van der Waals surface area (Å²) in [7, 11) is -0.303. The molecular formula is C11H20N4O2S. The monoisotopic (exact) mass is 272 g/mol. The summed E-state index contributed by atoms with van der Waals surface area (Å²) >= 11 is 0. The van der Waals surface area contributed by atoms with Crippen molar-refractivity contribution >= 4 is 16.0 Å². The van der Waals surface area contributed by atoms with E-state index in [0.29, 0.717) is 5.95 Å². The fourth-order valence-electron chi connectivity index (χ4n) is 1.28. The maximum absolute atomic E-state index is 12.4. The molecule has 0 fully saturated rings. The van der Waals surface area contributed by atoms with Gasteiger partial charge in [0.05, 0.1) is 12.4 Å². The number of nitrogens with one attached hydrogen (secondary N) is 1. The van der Waals surface area contributed by atoms with Crippen molar-refractivity contribution in [1.82, 2.24) is 14.3 Å². The Kier molecular flexibility index (Phi) is 4.28. The van der Waals surface area contributed by atoms with Crippen LogP contribution in [0.5, 0.6) is 0 Å². The molecule has 1 N–H and O–H groups in total. The largest absolute Gasteiger partial charge is 0.357 e. The molecule has 18 heavy (non-hydrogen) atoms. The Morgan fingerprint density at radius 1 is 1.33 bits per heavy atom. The van der Waals surface area contributed by atoms with Gasteiger partial charge in [0.15, 0.2) is 0 Å². The lowest BCUT2D eigenvalue weighted by Gasteiger charge is -2.33. The van der Waals surface area contributed by atoms with Gasteiger partial charge in [-0.25, -0.2) is 18.4 Å². The first-order valence-electron chi connectivity index (χ1n) is 5.74. The van der Waals surface area contributed by atoms with Crippen LogP contribution in [-0.4, -0.2) is 42.3 Å².